The fourth-order valence-corrected chi connectivity index (χ4v) is 2.90. The summed E-state index contributed by atoms with van der Waals surface area (Å²) >= 11 is 0. The largest absolute Gasteiger partial charge is 0.353 e. The highest BCUT2D eigenvalue weighted by atomic mass is 16.1. The summed E-state index contributed by atoms with van der Waals surface area (Å²) in [6, 6.07) is 9.90. The first kappa shape index (κ1) is 13.6. The zero-order valence-corrected chi connectivity index (χ0v) is 12.2. The summed E-state index contributed by atoms with van der Waals surface area (Å²) in [4.78, 5) is 11.6. The van der Waals surface area contributed by atoms with Crippen LogP contribution in [0.1, 0.15) is 49.1 Å². The van der Waals surface area contributed by atoms with Gasteiger partial charge in [0.1, 0.15) is 0 Å². The van der Waals surface area contributed by atoms with E-state index in [0.29, 0.717) is 24.4 Å². The quantitative estimate of drug-likeness (QED) is 0.835. The number of benzene rings is 1. The van der Waals surface area contributed by atoms with Crippen LogP contribution in [0.5, 0.6) is 0 Å². The number of carbonyl (C=O) groups is 1. The molecule has 3 heteroatoms. The summed E-state index contributed by atoms with van der Waals surface area (Å²) in [7, 11) is 0. The fraction of sp³-hybridized carbons (Fsp3) is 0.588. The number of hydrogen-bond acceptors (Lipinski definition) is 2. The first-order valence-corrected chi connectivity index (χ1v) is 7.80. The van der Waals surface area contributed by atoms with Crippen LogP contribution in [0.25, 0.3) is 0 Å². The van der Waals surface area contributed by atoms with E-state index >= 15 is 0 Å². The van der Waals surface area contributed by atoms with Gasteiger partial charge in [-0.05, 0) is 44.1 Å². The van der Waals surface area contributed by atoms with E-state index in [0.717, 1.165) is 6.54 Å². The van der Waals surface area contributed by atoms with Crippen molar-refractivity contribution < 1.29 is 4.79 Å². The number of carbonyl (C=O) groups excluding carboxylic acids is 1. The molecule has 1 amide bonds. The van der Waals surface area contributed by atoms with E-state index < -0.39 is 0 Å². The molecule has 0 aromatic heterocycles. The minimum atomic E-state index is 0.203. The van der Waals surface area contributed by atoms with Crippen LogP contribution in [0.2, 0.25) is 0 Å². The van der Waals surface area contributed by atoms with Gasteiger partial charge in [-0.1, -0.05) is 29.8 Å². The molecule has 20 heavy (non-hydrogen) atoms. The molecular weight excluding hydrogens is 248 g/mol. The van der Waals surface area contributed by atoms with Gasteiger partial charge in [0.25, 0.3) is 0 Å². The normalized spacial score (nSPS) is 25.1. The second kappa shape index (κ2) is 5.96. The standard InChI is InChI=1S/C17H24N2O/c1-12-3-2-4-13(9-12)14-10-16(11-14)18-8-7-17(20)19-15-5-6-15/h2-4,9,14-16,18H,5-8,10-11H2,1H3,(H,19,20). The molecule has 2 aliphatic carbocycles. The highest BCUT2D eigenvalue weighted by Crippen LogP contribution is 2.36. The van der Waals surface area contributed by atoms with E-state index in [-0.39, 0.29) is 5.91 Å². The maximum atomic E-state index is 11.6. The molecule has 0 saturated heterocycles. The number of hydrogen-bond donors (Lipinski definition) is 2. The van der Waals surface area contributed by atoms with Gasteiger partial charge in [0, 0.05) is 25.0 Å². The smallest absolute Gasteiger partial charge is 0.221 e. The van der Waals surface area contributed by atoms with Crippen molar-refractivity contribution in [2.45, 2.75) is 57.0 Å². The number of amides is 1. The van der Waals surface area contributed by atoms with Crippen LogP contribution in [-0.4, -0.2) is 24.5 Å². The molecule has 2 saturated carbocycles. The Kier molecular flexibility index (Phi) is 4.06. The van der Waals surface area contributed by atoms with E-state index in [4.69, 9.17) is 0 Å². The summed E-state index contributed by atoms with van der Waals surface area (Å²) in [6.07, 6.45) is 5.35. The molecular formula is C17H24N2O. The maximum absolute atomic E-state index is 11.6. The summed E-state index contributed by atoms with van der Waals surface area (Å²) < 4.78 is 0. The molecule has 108 valence electrons. The molecule has 1 aromatic rings. The Balaban J connectivity index is 1.33. The van der Waals surface area contributed by atoms with Gasteiger partial charge in [-0.25, -0.2) is 0 Å². The molecule has 3 nitrogen and oxygen atoms in total. The Morgan fingerprint density at radius 1 is 1.25 bits per heavy atom. The molecule has 2 fully saturated rings. The van der Waals surface area contributed by atoms with Crippen LogP contribution in [0.3, 0.4) is 0 Å². The Hall–Kier alpha value is -1.35. The molecule has 0 radical (unpaired) electrons. The predicted octanol–water partition coefficient (Wildman–Crippen LogP) is 2.50. The predicted molar refractivity (Wildman–Crippen MR) is 80.7 cm³/mol. The van der Waals surface area contributed by atoms with Gasteiger partial charge >= 0.3 is 0 Å². The first-order valence-electron chi connectivity index (χ1n) is 7.80. The van der Waals surface area contributed by atoms with Crippen molar-refractivity contribution in [1.29, 1.82) is 0 Å². The van der Waals surface area contributed by atoms with Crippen LogP contribution < -0.4 is 10.6 Å². The van der Waals surface area contributed by atoms with Crippen molar-refractivity contribution in [2.75, 3.05) is 6.54 Å². The minimum Gasteiger partial charge on any atom is -0.353 e. The summed E-state index contributed by atoms with van der Waals surface area (Å²) in [6.45, 7) is 2.96. The SMILES string of the molecule is Cc1cccc(C2CC(NCCC(=O)NC3CC3)C2)c1. The number of rotatable bonds is 6. The molecule has 0 bridgehead atoms. The Labute approximate surface area is 121 Å². The zero-order valence-electron chi connectivity index (χ0n) is 12.2. The van der Waals surface area contributed by atoms with E-state index in [9.17, 15) is 4.79 Å². The average Bonchev–Trinajstić information content (AvgIpc) is 3.16. The highest BCUT2D eigenvalue weighted by Gasteiger charge is 2.30. The summed E-state index contributed by atoms with van der Waals surface area (Å²) in [5, 5.41) is 6.52. The van der Waals surface area contributed by atoms with Crippen molar-refractivity contribution in [2.24, 2.45) is 0 Å². The third kappa shape index (κ3) is 3.60. The molecule has 0 heterocycles. The molecule has 1 aromatic carbocycles. The highest BCUT2D eigenvalue weighted by molar-refractivity contribution is 5.76. The molecule has 0 atom stereocenters. The van der Waals surface area contributed by atoms with E-state index in [1.165, 1.54) is 36.8 Å². The van der Waals surface area contributed by atoms with Crippen LogP contribution in [-0.2, 0) is 4.79 Å². The van der Waals surface area contributed by atoms with Gasteiger partial charge in [0.15, 0.2) is 0 Å². The van der Waals surface area contributed by atoms with Crippen molar-refractivity contribution in [3.63, 3.8) is 0 Å². The minimum absolute atomic E-state index is 0.203. The van der Waals surface area contributed by atoms with Gasteiger partial charge in [0.2, 0.25) is 5.91 Å². The van der Waals surface area contributed by atoms with Gasteiger partial charge in [-0.15, -0.1) is 0 Å². The van der Waals surface area contributed by atoms with E-state index in [1.807, 2.05) is 0 Å². The van der Waals surface area contributed by atoms with Crippen molar-refractivity contribution in [3.8, 4) is 0 Å². The van der Waals surface area contributed by atoms with Gasteiger partial charge < -0.3 is 10.6 Å². The molecule has 2 aliphatic rings. The van der Waals surface area contributed by atoms with E-state index in [1.54, 1.807) is 0 Å². The van der Waals surface area contributed by atoms with Gasteiger partial charge in [-0.2, -0.15) is 0 Å². The Morgan fingerprint density at radius 2 is 2.05 bits per heavy atom. The van der Waals surface area contributed by atoms with Crippen LogP contribution in [0.4, 0.5) is 0 Å². The van der Waals surface area contributed by atoms with Gasteiger partial charge in [-0.3, -0.25) is 4.79 Å². The van der Waals surface area contributed by atoms with Gasteiger partial charge in [0.05, 0.1) is 0 Å². The third-order valence-electron chi connectivity index (χ3n) is 4.38. The Morgan fingerprint density at radius 3 is 2.75 bits per heavy atom. The summed E-state index contributed by atoms with van der Waals surface area (Å²) in [5.41, 5.74) is 2.81. The molecule has 0 aliphatic heterocycles. The van der Waals surface area contributed by atoms with E-state index in [2.05, 4.69) is 41.8 Å². The van der Waals surface area contributed by atoms with Crippen LogP contribution >= 0.6 is 0 Å². The molecule has 3 rings (SSSR count). The lowest BCUT2D eigenvalue weighted by Crippen LogP contribution is -2.41. The second-order valence-corrected chi connectivity index (χ2v) is 6.33. The van der Waals surface area contributed by atoms with Crippen LogP contribution in [0.15, 0.2) is 24.3 Å². The molecule has 2 N–H and O–H groups in total. The Bertz CT molecular complexity index is 476. The van der Waals surface area contributed by atoms with Crippen molar-refractivity contribution in [1.82, 2.24) is 10.6 Å². The number of nitrogens with one attached hydrogen (secondary N) is 2. The topological polar surface area (TPSA) is 41.1 Å². The zero-order chi connectivity index (χ0) is 13.9. The lowest BCUT2D eigenvalue weighted by Gasteiger charge is -2.36. The monoisotopic (exact) mass is 272 g/mol. The lowest BCUT2D eigenvalue weighted by atomic mass is 9.75. The lowest BCUT2D eigenvalue weighted by molar-refractivity contribution is -0.121. The second-order valence-electron chi connectivity index (χ2n) is 6.33. The van der Waals surface area contributed by atoms with Crippen molar-refractivity contribution in [3.05, 3.63) is 35.4 Å². The van der Waals surface area contributed by atoms with Crippen molar-refractivity contribution >= 4 is 5.91 Å². The third-order valence-corrected chi connectivity index (χ3v) is 4.38. The maximum Gasteiger partial charge on any atom is 0.221 e. The first-order chi connectivity index (χ1) is 9.70. The summed E-state index contributed by atoms with van der Waals surface area (Å²) in [5.74, 6) is 0.905. The van der Waals surface area contributed by atoms with Crippen LogP contribution in [0, 0.1) is 6.92 Å². The average molecular weight is 272 g/mol. The molecule has 0 spiro atoms. The number of aryl methyl sites for hydroxylation is 1. The fourth-order valence-electron chi connectivity index (χ4n) is 2.90. The molecule has 0 unspecified atom stereocenters.